The average molecular weight is 385 g/mol. The quantitative estimate of drug-likeness (QED) is 0.597. The van der Waals surface area contributed by atoms with Gasteiger partial charge >= 0.3 is 0 Å². The maximum absolute atomic E-state index is 10.1. The normalized spacial score (nSPS) is 13.0. The van der Waals surface area contributed by atoms with Crippen molar-refractivity contribution in [3.05, 3.63) is 64.5 Å². The summed E-state index contributed by atoms with van der Waals surface area (Å²) in [5.74, 6) is 0.520. The van der Waals surface area contributed by atoms with Crippen molar-refractivity contribution in [2.45, 2.75) is 25.7 Å². The minimum absolute atomic E-state index is 0.0451. The average Bonchev–Trinajstić information content (AvgIpc) is 3.16. The molecule has 0 aliphatic carbocycles. The Morgan fingerprint density at radius 1 is 1.22 bits per heavy atom. The van der Waals surface area contributed by atoms with Gasteiger partial charge in [-0.3, -0.25) is 0 Å². The summed E-state index contributed by atoms with van der Waals surface area (Å²) in [5.41, 5.74) is 2.45. The first-order chi connectivity index (χ1) is 13.0. The summed E-state index contributed by atoms with van der Waals surface area (Å²) in [6.45, 7) is 1.55. The number of benzene rings is 2. The lowest BCUT2D eigenvalue weighted by Crippen LogP contribution is -2.23. The fourth-order valence-electron chi connectivity index (χ4n) is 2.49. The van der Waals surface area contributed by atoms with E-state index in [2.05, 4.69) is 15.5 Å². The van der Waals surface area contributed by atoms with E-state index in [4.69, 9.17) is 26.4 Å². The molecule has 7 nitrogen and oxygen atoms in total. The number of aromatic nitrogens is 2. The number of halogens is 1. The molecule has 8 heteroatoms. The highest BCUT2D eigenvalue weighted by Gasteiger charge is 2.24. The molecule has 3 aromatic rings. The van der Waals surface area contributed by atoms with Gasteiger partial charge in [0, 0.05) is 11.3 Å². The molecule has 27 heavy (non-hydrogen) atoms. The van der Waals surface area contributed by atoms with Gasteiger partial charge in [0.05, 0.1) is 23.3 Å². The first kappa shape index (κ1) is 18.9. The van der Waals surface area contributed by atoms with Crippen molar-refractivity contribution in [1.82, 2.24) is 10.2 Å². The molecule has 3 N–H and O–H groups in total. The van der Waals surface area contributed by atoms with Gasteiger partial charge in [0.25, 0.3) is 0 Å². The molecule has 0 aliphatic heterocycles. The van der Waals surface area contributed by atoms with Crippen molar-refractivity contribution < 1.29 is 14.6 Å². The number of hydrogen-bond acceptors (Lipinski definition) is 7. The van der Waals surface area contributed by atoms with Crippen LogP contribution in [0.15, 0.2) is 46.9 Å². The predicted molar refractivity (Wildman–Crippen MR) is 99.9 cm³/mol. The smallest absolute Gasteiger partial charge is 0.247 e. The van der Waals surface area contributed by atoms with Crippen LogP contribution in [0.5, 0.6) is 0 Å². The van der Waals surface area contributed by atoms with Crippen LogP contribution < -0.4 is 5.32 Å². The van der Waals surface area contributed by atoms with Gasteiger partial charge in [-0.05, 0) is 42.8 Å². The number of rotatable bonds is 6. The summed E-state index contributed by atoms with van der Waals surface area (Å²) in [5, 5.41) is 39.7. The van der Waals surface area contributed by atoms with E-state index in [1.807, 2.05) is 6.07 Å². The predicted octanol–water partition coefficient (Wildman–Crippen LogP) is 3.29. The van der Waals surface area contributed by atoms with Gasteiger partial charge in [0.15, 0.2) is 0 Å². The van der Waals surface area contributed by atoms with Crippen molar-refractivity contribution in [2.24, 2.45) is 0 Å². The summed E-state index contributed by atoms with van der Waals surface area (Å²) in [7, 11) is 0. The Morgan fingerprint density at radius 3 is 2.56 bits per heavy atom. The molecule has 1 heterocycles. The molecular formula is C19H17ClN4O3. The maximum atomic E-state index is 10.1. The van der Waals surface area contributed by atoms with Crippen molar-refractivity contribution in [3.63, 3.8) is 0 Å². The van der Waals surface area contributed by atoms with E-state index in [0.29, 0.717) is 27.7 Å². The summed E-state index contributed by atoms with van der Waals surface area (Å²) in [4.78, 5) is 0. The summed E-state index contributed by atoms with van der Waals surface area (Å²) >= 11 is 6.05. The molecule has 3 rings (SSSR count). The molecule has 0 fully saturated rings. The van der Waals surface area contributed by atoms with E-state index in [1.165, 1.54) is 0 Å². The van der Waals surface area contributed by atoms with Crippen molar-refractivity contribution in [1.29, 1.82) is 5.26 Å². The van der Waals surface area contributed by atoms with Crippen LogP contribution in [0.2, 0.25) is 5.02 Å². The Kier molecular flexibility index (Phi) is 5.72. The molecular weight excluding hydrogens is 368 g/mol. The van der Waals surface area contributed by atoms with Crippen LogP contribution >= 0.6 is 11.6 Å². The molecule has 0 bridgehead atoms. The van der Waals surface area contributed by atoms with Gasteiger partial charge in [0.1, 0.15) is 12.1 Å². The van der Waals surface area contributed by atoms with Crippen molar-refractivity contribution >= 4 is 17.3 Å². The molecule has 0 saturated carbocycles. The Labute approximate surface area is 160 Å². The number of aliphatic hydroxyl groups is 2. The minimum atomic E-state index is -0.829. The highest BCUT2D eigenvalue weighted by Crippen LogP contribution is 2.28. The maximum Gasteiger partial charge on any atom is 0.247 e. The Morgan fingerprint density at radius 2 is 1.96 bits per heavy atom. The number of nitrogens with zero attached hydrogens (tertiary/aromatic N) is 3. The van der Waals surface area contributed by atoms with E-state index in [9.17, 15) is 5.11 Å². The Bertz CT molecular complexity index is 964. The van der Waals surface area contributed by atoms with Crippen LogP contribution in [0, 0.1) is 11.3 Å². The number of aliphatic hydroxyl groups excluding tert-OH is 2. The molecule has 1 aromatic heterocycles. The zero-order valence-corrected chi connectivity index (χ0v) is 15.2. The third-order valence-corrected chi connectivity index (χ3v) is 4.30. The van der Waals surface area contributed by atoms with Gasteiger partial charge in [-0.1, -0.05) is 23.7 Å². The molecule has 0 aliphatic rings. The van der Waals surface area contributed by atoms with Crippen molar-refractivity contribution in [2.75, 3.05) is 5.32 Å². The highest BCUT2D eigenvalue weighted by molar-refractivity contribution is 6.32. The van der Waals surface area contributed by atoms with Crippen LogP contribution in [0.1, 0.15) is 30.0 Å². The first-order valence-corrected chi connectivity index (χ1v) is 8.57. The minimum Gasteiger partial charge on any atom is -0.418 e. The topological polar surface area (TPSA) is 115 Å². The number of nitrogens with one attached hydrogen (secondary N) is 1. The fraction of sp³-hybridized carbons (Fsp3) is 0.211. The molecule has 2 atom stereocenters. The van der Waals surface area contributed by atoms with Crippen LogP contribution in [-0.2, 0) is 6.61 Å². The number of hydrogen-bond donors (Lipinski definition) is 3. The second kappa shape index (κ2) is 8.18. The van der Waals surface area contributed by atoms with Crippen LogP contribution in [0.3, 0.4) is 0 Å². The molecule has 0 unspecified atom stereocenters. The van der Waals surface area contributed by atoms with Gasteiger partial charge in [-0.25, -0.2) is 0 Å². The largest absolute Gasteiger partial charge is 0.418 e. The second-order valence-corrected chi connectivity index (χ2v) is 6.38. The van der Waals surface area contributed by atoms with Crippen LogP contribution in [-0.4, -0.2) is 26.5 Å². The van der Waals surface area contributed by atoms with E-state index in [-0.39, 0.29) is 12.5 Å². The Hall–Kier alpha value is -2.92. The lowest BCUT2D eigenvalue weighted by atomic mass is 10.1. The first-order valence-electron chi connectivity index (χ1n) is 8.19. The monoisotopic (exact) mass is 384 g/mol. The summed E-state index contributed by atoms with van der Waals surface area (Å²) < 4.78 is 5.72. The highest BCUT2D eigenvalue weighted by atomic mass is 35.5. The number of anilines is 1. The lowest BCUT2D eigenvalue weighted by molar-refractivity contribution is 0.160. The molecule has 2 aromatic carbocycles. The zero-order valence-electron chi connectivity index (χ0n) is 14.4. The lowest BCUT2D eigenvalue weighted by Gasteiger charge is -2.19. The second-order valence-electron chi connectivity index (χ2n) is 5.97. The molecule has 0 spiro atoms. The van der Waals surface area contributed by atoms with Crippen molar-refractivity contribution in [3.8, 4) is 17.5 Å². The Balaban J connectivity index is 1.84. The van der Waals surface area contributed by atoms with Crippen LogP contribution in [0.25, 0.3) is 11.5 Å². The van der Waals surface area contributed by atoms with E-state index >= 15 is 0 Å². The zero-order chi connectivity index (χ0) is 19.4. The van der Waals surface area contributed by atoms with E-state index in [1.54, 1.807) is 49.4 Å². The molecule has 0 amide bonds. The molecule has 138 valence electrons. The molecule has 0 saturated heterocycles. The van der Waals surface area contributed by atoms with Gasteiger partial charge in [0.2, 0.25) is 11.8 Å². The fourth-order valence-corrected chi connectivity index (χ4v) is 2.72. The van der Waals surface area contributed by atoms with E-state index < -0.39 is 12.1 Å². The van der Waals surface area contributed by atoms with Gasteiger partial charge in [-0.2, -0.15) is 5.26 Å². The third kappa shape index (κ3) is 4.26. The van der Waals surface area contributed by atoms with Gasteiger partial charge in [-0.15, -0.1) is 10.2 Å². The number of nitriles is 1. The van der Waals surface area contributed by atoms with Gasteiger partial charge < -0.3 is 19.9 Å². The SMILES string of the molecule is C[C@H](O)[C@@H](Nc1ccc(C#N)c(Cl)c1)c1nnc(-c2ccc(CO)cc2)o1. The molecule has 0 radical (unpaired) electrons. The van der Waals surface area contributed by atoms with Crippen LogP contribution in [0.4, 0.5) is 5.69 Å². The summed E-state index contributed by atoms with van der Waals surface area (Å²) in [6.07, 6.45) is -0.829. The third-order valence-electron chi connectivity index (χ3n) is 3.98. The summed E-state index contributed by atoms with van der Waals surface area (Å²) in [6, 6.07) is 13.3. The standard InChI is InChI=1S/C19H17ClN4O3/c1-11(26)17(22-15-7-6-14(9-21)16(20)8-15)19-24-23-18(27-19)13-4-2-12(10-25)3-5-13/h2-8,11,17,22,25-26H,10H2,1H3/t11-,17+/m0/s1. The van der Waals surface area contributed by atoms with E-state index in [0.717, 1.165) is 5.56 Å².